The van der Waals surface area contributed by atoms with Crippen molar-refractivity contribution in [3.8, 4) is 0 Å². The van der Waals surface area contributed by atoms with E-state index >= 15 is 0 Å². The molecule has 1 saturated carbocycles. The Labute approximate surface area is 107 Å². The third-order valence-electron chi connectivity index (χ3n) is 3.68. The molecule has 3 nitrogen and oxygen atoms in total. The van der Waals surface area contributed by atoms with Crippen LogP contribution in [-0.2, 0) is 9.84 Å². The van der Waals surface area contributed by atoms with E-state index in [2.05, 4.69) is 0 Å². The smallest absolute Gasteiger partial charge is 0.183 e. The van der Waals surface area contributed by atoms with Crippen LogP contribution in [0.25, 0.3) is 0 Å². The molecule has 2 N–H and O–H groups in total. The van der Waals surface area contributed by atoms with Gasteiger partial charge in [-0.3, -0.25) is 0 Å². The summed E-state index contributed by atoms with van der Waals surface area (Å²) in [5, 5.41) is -0.579. The molecule has 1 aromatic rings. The molecule has 2 unspecified atom stereocenters. The number of halogens is 1. The van der Waals surface area contributed by atoms with E-state index < -0.39 is 26.4 Å². The number of rotatable bonds is 2. The van der Waals surface area contributed by atoms with Gasteiger partial charge in [-0.25, -0.2) is 12.8 Å². The van der Waals surface area contributed by atoms with Gasteiger partial charge in [0.1, 0.15) is 5.82 Å². The van der Waals surface area contributed by atoms with Crippen molar-refractivity contribution in [2.24, 2.45) is 5.73 Å². The van der Waals surface area contributed by atoms with Crippen LogP contribution in [0.5, 0.6) is 0 Å². The number of nitrogens with two attached hydrogens (primary N) is 1. The Morgan fingerprint density at radius 1 is 1.28 bits per heavy atom. The number of benzene rings is 1. The van der Waals surface area contributed by atoms with Gasteiger partial charge in [0, 0.05) is 5.54 Å². The van der Waals surface area contributed by atoms with Gasteiger partial charge in [-0.2, -0.15) is 0 Å². The normalized spacial score (nSPS) is 29.2. The average Bonchev–Trinajstić information content (AvgIpc) is 2.28. The van der Waals surface area contributed by atoms with E-state index in [1.807, 2.05) is 0 Å². The summed E-state index contributed by atoms with van der Waals surface area (Å²) in [6.45, 7) is 1.79. The van der Waals surface area contributed by atoms with Crippen molar-refractivity contribution in [2.75, 3.05) is 0 Å². The molecular weight excluding hydrogens is 253 g/mol. The van der Waals surface area contributed by atoms with Crippen molar-refractivity contribution in [3.05, 3.63) is 30.1 Å². The summed E-state index contributed by atoms with van der Waals surface area (Å²) in [6, 6.07) is 4.97. The minimum Gasteiger partial charge on any atom is -0.324 e. The van der Waals surface area contributed by atoms with Crippen LogP contribution in [0.1, 0.15) is 32.6 Å². The average molecular weight is 271 g/mol. The van der Waals surface area contributed by atoms with Gasteiger partial charge in [0.25, 0.3) is 0 Å². The highest BCUT2D eigenvalue weighted by atomic mass is 32.2. The zero-order valence-electron chi connectivity index (χ0n) is 10.4. The van der Waals surface area contributed by atoms with Gasteiger partial charge in [0.15, 0.2) is 9.84 Å². The van der Waals surface area contributed by atoms with Gasteiger partial charge < -0.3 is 5.73 Å². The number of hydrogen-bond donors (Lipinski definition) is 1. The van der Waals surface area contributed by atoms with Crippen LogP contribution in [-0.4, -0.2) is 19.2 Å². The highest BCUT2D eigenvalue weighted by molar-refractivity contribution is 7.92. The molecule has 18 heavy (non-hydrogen) atoms. The van der Waals surface area contributed by atoms with Crippen LogP contribution in [0, 0.1) is 5.82 Å². The lowest BCUT2D eigenvalue weighted by molar-refractivity contribution is 0.322. The molecular formula is C13H18FNO2S. The Bertz CT molecular complexity index is 522. The van der Waals surface area contributed by atoms with Crippen molar-refractivity contribution >= 4 is 9.84 Å². The van der Waals surface area contributed by atoms with Crippen molar-refractivity contribution in [1.29, 1.82) is 0 Å². The van der Waals surface area contributed by atoms with Crippen molar-refractivity contribution in [1.82, 2.24) is 0 Å². The third-order valence-corrected chi connectivity index (χ3v) is 6.14. The Kier molecular flexibility index (Phi) is 3.47. The Hall–Kier alpha value is -0.940. The third kappa shape index (κ3) is 2.42. The molecule has 1 aromatic carbocycles. The minimum absolute atomic E-state index is 0.160. The lowest BCUT2D eigenvalue weighted by Gasteiger charge is -2.37. The first-order valence-electron chi connectivity index (χ1n) is 6.12. The van der Waals surface area contributed by atoms with Crippen LogP contribution in [0.2, 0.25) is 0 Å². The SMILES string of the molecule is CC1(N)CCCCC1S(=O)(=O)c1ccc(F)cc1. The molecule has 5 heteroatoms. The molecule has 0 radical (unpaired) electrons. The first-order chi connectivity index (χ1) is 8.34. The van der Waals surface area contributed by atoms with Crippen LogP contribution in [0.15, 0.2) is 29.2 Å². The van der Waals surface area contributed by atoms with Crippen LogP contribution < -0.4 is 5.73 Å². The summed E-state index contributed by atoms with van der Waals surface area (Å²) in [4.78, 5) is 0.160. The number of sulfone groups is 1. The van der Waals surface area contributed by atoms with E-state index in [-0.39, 0.29) is 4.90 Å². The lowest BCUT2D eigenvalue weighted by atomic mass is 9.84. The van der Waals surface area contributed by atoms with Crippen LogP contribution in [0.3, 0.4) is 0 Å². The van der Waals surface area contributed by atoms with Gasteiger partial charge in [0.2, 0.25) is 0 Å². The van der Waals surface area contributed by atoms with Gasteiger partial charge >= 0.3 is 0 Å². The Morgan fingerprint density at radius 3 is 2.44 bits per heavy atom. The summed E-state index contributed by atoms with van der Waals surface area (Å²) in [5.74, 6) is -0.437. The summed E-state index contributed by atoms with van der Waals surface area (Å²) in [7, 11) is -3.48. The maximum atomic E-state index is 12.8. The molecule has 2 atom stereocenters. The fraction of sp³-hybridized carbons (Fsp3) is 0.538. The molecule has 0 heterocycles. The molecule has 1 aliphatic carbocycles. The Morgan fingerprint density at radius 2 is 1.89 bits per heavy atom. The minimum atomic E-state index is -3.48. The summed E-state index contributed by atoms with van der Waals surface area (Å²) < 4.78 is 37.9. The molecule has 1 aliphatic rings. The largest absolute Gasteiger partial charge is 0.324 e. The van der Waals surface area contributed by atoms with E-state index in [0.29, 0.717) is 12.8 Å². The first kappa shape index (κ1) is 13.5. The fourth-order valence-electron chi connectivity index (χ4n) is 2.62. The second-order valence-electron chi connectivity index (χ2n) is 5.24. The maximum absolute atomic E-state index is 12.8. The van der Waals surface area contributed by atoms with Crippen LogP contribution in [0.4, 0.5) is 4.39 Å². The molecule has 2 rings (SSSR count). The van der Waals surface area contributed by atoms with Crippen LogP contribution >= 0.6 is 0 Å². The predicted molar refractivity (Wildman–Crippen MR) is 68.4 cm³/mol. The monoisotopic (exact) mass is 271 g/mol. The highest BCUT2D eigenvalue weighted by Gasteiger charge is 2.42. The molecule has 0 bridgehead atoms. The maximum Gasteiger partial charge on any atom is 0.183 e. The standard InChI is InChI=1S/C13H18FNO2S/c1-13(15)9-3-2-4-12(13)18(16,17)11-7-5-10(14)6-8-11/h5-8,12H,2-4,9,15H2,1H3. The molecule has 1 fully saturated rings. The zero-order chi connectivity index (χ0) is 13.4. The second-order valence-corrected chi connectivity index (χ2v) is 7.37. The summed E-state index contributed by atoms with van der Waals surface area (Å²) >= 11 is 0. The highest BCUT2D eigenvalue weighted by Crippen LogP contribution is 2.34. The summed E-state index contributed by atoms with van der Waals surface area (Å²) in [6.07, 6.45) is 3.12. The second kappa shape index (κ2) is 4.63. The van der Waals surface area contributed by atoms with E-state index in [1.54, 1.807) is 6.92 Å². The van der Waals surface area contributed by atoms with E-state index in [9.17, 15) is 12.8 Å². The zero-order valence-corrected chi connectivity index (χ0v) is 11.2. The van der Waals surface area contributed by atoms with E-state index in [4.69, 9.17) is 5.73 Å². The number of hydrogen-bond acceptors (Lipinski definition) is 3. The van der Waals surface area contributed by atoms with E-state index in [0.717, 1.165) is 12.8 Å². The molecule has 100 valence electrons. The lowest BCUT2D eigenvalue weighted by Crippen LogP contribution is -2.53. The van der Waals surface area contributed by atoms with E-state index in [1.165, 1.54) is 24.3 Å². The quantitative estimate of drug-likeness (QED) is 0.839. The molecule has 0 aromatic heterocycles. The summed E-state index contributed by atoms with van der Waals surface area (Å²) in [5.41, 5.74) is 5.42. The molecule has 0 amide bonds. The molecule has 0 spiro atoms. The van der Waals surface area contributed by atoms with Crippen molar-refractivity contribution in [2.45, 2.75) is 48.3 Å². The van der Waals surface area contributed by atoms with Gasteiger partial charge in [-0.05, 0) is 44.0 Å². The topological polar surface area (TPSA) is 60.2 Å². The van der Waals surface area contributed by atoms with Gasteiger partial charge in [0.05, 0.1) is 10.1 Å². The first-order valence-corrected chi connectivity index (χ1v) is 7.67. The Balaban J connectivity index is 2.38. The van der Waals surface area contributed by atoms with Crippen molar-refractivity contribution < 1.29 is 12.8 Å². The fourth-order valence-corrected chi connectivity index (χ4v) is 4.77. The molecule has 0 aliphatic heterocycles. The van der Waals surface area contributed by atoms with Gasteiger partial charge in [-0.1, -0.05) is 12.8 Å². The van der Waals surface area contributed by atoms with Crippen molar-refractivity contribution in [3.63, 3.8) is 0 Å². The van der Waals surface area contributed by atoms with Gasteiger partial charge in [-0.15, -0.1) is 0 Å². The predicted octanol–water partition coefficient (Wildman–Crippen LogP) is 2.26. The molecule has 0 saturated heterocycles.